The molecule has 1 aliphatic carbocycles. The summed E-state index contributed by atoms with van der Waals surface area (Å²) in [6.45, 7) is 2.00. The van der Waals surface area contributed by atoms with E-state index in [4.69, 9.17) is 0 Å². The van der Waals surface area contributed by atoms with E-state index in [1.807, 2.05) is 37.1 Å². The number of hydrogen-bond acceptors (Lipinski definition) is 1. The van der Waals surface area contributed by atoms with Crippen LogP contribution in [-0.2, 0) is 0 Å². The number of carbonyl (C=O) groups is 1. The summed E-state index contributed by atoms with van der Waals surface area (Å²) in [5.41, 5.74) is 1.88. The lowest BCUT2D eigenvalue weighted by molar-refractivity contribution is 0.0651. The molecule has 0 aliphatic heterocycles. The lowest BCUT2D eigenvalue weighted by Crippen LogP contribution is -2.41. The van der Waals surface area contributed by atoms with Crippen LogP contribution in [0.15, 0.2) is 22.7 Å². The van der Waals surface area contributed by atoms with Gasteiger partial charge in [-0.2, -0.15) is 0 Å². The van der Waals surface area contributed by atoms with Gasteiger partial charge < -0.3 is 4.90 Å². The predicted octanol–water partition coefficient (Wildman–Crippen LogP) is 3.38. The minimum absolute atomic E-state index is 0.125. The molecule has 1 fully saturated rings. The van der Waals surface area contributed by atoms with Crippen molar-refractivity contribution < 1.29 is 4.79 Å². The maximum atomic E-state index is 12.2. The molecule has 0 saturated heterocycles. The van der Waals surface area contributed by atoms with Crippen LogP contribution in [0.25, 0.3) is 0 Å². The number of halogens is 1. The molecule has 0 bridgehead atoms. The molecule has 86 valence electrons. The average molecular weight is 282 g/mol. The maximum absolute atomic E-state index is 12.2. The van der Waals surface area contributed by atoms with E-state index in [2.05, 4.69) is 15.9 Å². The van der Waals surface area contributed by atoms with Crippen molar-refractivity contribution in [2.45, 2.75) is 32.2 Å². The summed E-state index contributed by atoms with van der Waals surface area (Å²) in [5.74, 6) is 0.125. The highest BCUT2D eigenvalue weighted by molar-refractivity contribution is 9.10. The summed E-state index contributed by atoms with van der Waals surface area (Å²) in [6, 6.07) is 6.26. The third kappa shape index (κ3) is 2.01. The third-order valence-electron chi connectivity index (χ3n) is 3.36. The Bertz CT molecular complexity index is 412. The van der Waals surface area contributed by atoms with E-state index in [-0.39, 0.29) is 5.91 Å². The number of aryl methyl sites for hydroxylation is 1. The van der Waals surface area contributed by atoms with Gasteiger partial charge in [-0.1, -0.05) is 12.1 Å². The van der Waals surface area contributed by atoms with Crippen LogP contribution in [0.4, 0.5) is 0 Å². The van der Waals surface area contributed by atoms with Crippen LogP contribution in [-0.4, -0.2) is 23.9 Å². The molecule has 0 N–H and O–H groups in total. The molecule has 3 heteroatoms. The van der Waals surface area contributed by atoms with Crippen molar-refractivity contribution in [1.82, 2.24) is 4.90 Å². The normalized spacial score (nSPS) is 15.7. The summed E-state index contributed by atoms with van der Waals surface area (Å²) in [6.07, 6.45) is 3.54. The van der Waals surface area contributed by atoms with Gasteiger partial charge in [0.2, 0.25) is 0 Å². The summed E-state index contributed by atoms with van der Waals surface area (Å²) in [4.78, 5) is 14.1. The summed E-state index contributed by atoms with van der Waals surface area (Å²) in [7, 11) is 1.90. The molecule has 0 aromatic heterocycles. The Hall–Kier alpha value is -0.830. The van der Waals surface area contributed by atoms with Crippen molar-refractivity contribution in [1.29, 1.82) is 0 Å². The second kappa shape index (κ2) is 4.58. The van der Waals surface area contributed by atoms with Gasteiger partial charge in [0.15, 0.2) is 0 Å². The minimum Gasteiger partial charge on any atom is -0.339 e. The zero-order valence-electron chi connectivity index (χ0n) is 9.66. The SMILES string of the molecule is Cc1cccc(C(=O)N(C)C2CCC2)c1Br. The molecule has 0 unspecified atom stereocenters. The molecular formula is C13H16BrNO. The molecule has 2 nitrogen and oxygen atoms in total. The first kappa shape index (κ1) is 11.6. The second-order valence-electron chi connectivity index (χ2n) is 4.44. The van der Waals surface area contributed by atoms with Crippen molar-refractivity contribution in [3.63, 3.8) is 0 Å². The number of carbonyl (C=O) groups excluding carboxylic acids is 1. The van der Waals surface area contributed by atoms with Gasteiger partial charge in [0, 0.05) is 17.6 Å². The van der Waals surface area contributed by atoms with E-state index in [1.54, 1.807) is 0 Å². The van der Waals surface area contributed by atoms with Crippen molar-refractivity contribution >= 4 is 21.8 Å². The number of nitrogens with zero attached hydrogens (tertiary/aromatic N) is 1. The van der Waals surface area contributed by atoms with Gasteiger partial charge in [-0.3, -0.25) is 4.79 Å². The van der Waals surface area contributed by atoms with Crippen molar-refractivity contribution in [2.24, 2.45) is 0 Å². The summed E-state index contributed by atoms with van der Waals surface area (Å²) >= 11 is 3.49. The van der Waals surface area contributed by atoms with E-state index >= 15 is 0 Å². The molecule has 0 radical (unpaired) electrons. The van der Waals surface area contributed by atoms with Crippen molar-refractivity contribution in [2.75, 3.05) is 7.05 Å². The van der Waals surface area contributed by atoms with Crippen LogP contribution in [0.2, 0.25) is 0 Å². The lowest BCUT2D eigenvalue weighted by Gasteiger charge is -2.35. The van der Waals surface area contributed by atoms with Crippen molar-refractivity contribution in [3.05, 3.63) is 33.8 Å². The zero-order valence-corrected chi connectivity index (χ0v) is 11.3. The van der Waals surface area contributed by atoms with Crippen LogP contribution in [0.5, 0.6) is 0 Å². The smallest absolute Gasteiger partial charge is 0.254 e. The van der Waals surface area contributed by atoms with E-state index < -0.39 is 0 Å². The first-order valence-electron chi connectivity index (χ1n) is 5.63. The molecule has 1 aromatic carbocycles. The first-order valence-corrected chi connectivity index (χ1v) is 6.43. The Kier molecular flexibility index (Phi) is 3.33. The van der Waals surface area contributed by atoms with Gasteiger partial charge in [0.1, 0.15) is 0 Å². The molecule has 16 heavy (non-hydrogen) atoms. The Balaban J connectivity index is 2.22. The maximum Gasteiger partial charge on any atom is 0.254 e. The molecule has 1 aromatic rings. The lowest BCUT2D eigenvalue weighted by atomic mass is 9.91. The van der Waals surface area contributed by atoms with Gasteiger partial charge in [0.25, 0.3) is 5.91 Å². The number of amides is 1. The topological polar surface area (TPSA) is 20.3 Å². The average Bonchev–Trinajstić information content (AvgIpc) is 2.18. The highest BCUT2D eigenvalue weighted by Gasteiger charge is 2.27. The largest absolute Gasteiger partial charge is 0.339 e. The number of benzene rings is 1. The fourth-order valence-corrected chi connectivity index (χ4v) is 2.38. The van der Waals surface area contributed by atoms with Gasteiger partial charge >= 0.3 is 0 Å². The van der Waals surface area contributed by atoms with Crippen LogP contribution in [0, 0.1) is 6.92 Å². The number of rotatable bonds is 2. The quantitative estimate of drug-likeness (QED) is 0.814. The Morgan fingerprint density at radius 1 is 1.44 bits per heavy atom. The summed E-state index contributed by atoms with van der Waals surface area (Å²) < 4.78 is 0.922. The van der Waals surface area contributed by atoms with E-state index in [0.717, 1.165) is 28.4 Å². The van der Waals surface area contributed by atoms with Gasteiger partial charge in [-0.25, -0.2) is 0 Å². The van der Waals surface area contributed by atoms with Crippen LogP contribution in [0.1, 0.15) is 35.2 Å². The van der Waals surface area contributed by atoms with Crippen LogP contribution >= 0.6 is 15.9 Å². The Labute approximate surface area is 105 Å². The van der Waals surface area contributed by atoms with E-state index in [0.29, 0.717) is 6.04 Å². The number of hydrogen-bond donors (Lipinski definition) is 0. The Morgan fingerprint density at radius 3 is 2.69 bits per heavy atom. The van der Waals surface area contributed by atoms with Crippen LogP contribution in [0.3, 0.4) is 0 Å². The fourth-order valence-electron chi connectivity index (χ4n) is 1.94. The van der Waals surface area contributed by atoms with Gasteiger partial charge in [0.05, 0.1) is 5.56 Å². The monoisotopic (exact) mass is 281 g/mol. The zero-order chi connectivity index (χ0) is 11.7. The summed E-state index contributed by atoms with van der Waals surface area (Å²) in [5, 5.41) is 0. The molecule has 1 aliphatic rings. The predicted molar refractivity (Wildman–Crippen MR) is 68.6 cm³/mol. The van der Waals surface area contributed by atoms with Gasteiger partial charge in [-0.05, 0) is 53.7 Å². The fraction of sp³-hybridized carbons (Fsp3) is 0.462. The highest BCUT2D eigenvalue weighted by atomic mass is 79.9. The molecule has 0 heterocycles. The molecule has 0 atom stereocenters. The Morgan fingerprint density at radius 2 is 2.12 bits per heavy atom. The molecule has 0 spiro atoms. The highest BCUT2D eigenvalue weighted by Crippen LogP contribution is 2.27. The first-order chi connectivity index (χ1) is 7.61. The second-order valence-corrected chi connectivity index (χ2v) is 5.23. The van der Waals surface area contributed by atoms with E-state index in [9.17, 15) is 4.79 Å². The minimum atomic E-state index is 0.125. The van der Waals surface area contributed by atoms with E-state index in [1.165, 1.54) is 6.42 Å². The molecule has 2 rings (SSSR count). The van der Waals surface area contributed by atoms with Gasteiger partial charge in [-0.15, -0.1) is 0 Å². The standard InChI is InChI=1S/C13H16BrNO/c1-9-5-3-8-11(12(9)14)13(16)15(2)10-6-4-7-10/h3,5,8,10H,4,6-7H2,1-2H3. The molecule has 1 amide bonds. The molecular weight excluding hydrogens is 266 g/mol. The molecule has 1 saturated carbocycles. The van der Waals surface area contributed by atoms with Crippen LogP contribution < -0.4 is 0 Å². The third-order valence-corrected chi connectivity index (χ3v) is 4.42. The van der Waals surface area contributed by atoms with Crippen molar-refractivity contribution in [3.8, 4) is 0 Å².